The number of carbonyl (C=O) groups is 1. The van der Waals surface area contributed by atoms with Crippen LogP contribution in [0.1, 0.15) is 17.7 Å². The lowest BCUT2D eigenvalue weighted by Crippen LogP contribution is -2.07. The van der Waals surface area contributed by atoms with Crippen molar-refractivity contribution in [1.29, 1.82) is 0 Å². The molecule has 13 heavy (non-hydrogen) atoms. The van der Waals surface area contributed by atoms with Crippen molar-refractivity contribution in [2.75, 3.05) is 19.0 Å². The first kappa shape index (κ1) is 10.2. The number of hydrogen-bond acceptors (Lipinski definition) is 4. The highest BCUT2D eigenvalue weighted by Crippen LogP contribution is 2.21. The molecule has 0 atom stereocenters. The number of unbranched alkanes of at least 4 members (excludes halogenated alkanes) is 1. The Morgan fingerprint density at radius 2 is 2.38 bits per heavy atom. The molecule has 0 radical (unpaired) electrons. The SMILES string of the molecule is CN(C)c1ncc(CCCC=O)s1. The van der Waals surface area contributed by atoms with Gasteiger partial charge in [-0.05, 0) is 12.8 Å². The summed E-state index contributed by atoms with van der Waals surface area (Å²) < 4.78 is 0. The molecule has 0 fully saturated rings. The predicted molar refractivity (Wildman–Crippen MR) is 55.4 cm³/mol. The Kier molecular flexibility index (Phi) is 3.89. The molecule has 0 unspecified atom stereocenters. The molecule has 1 aromatic rings. The molecule has 0 saturated heterocycles. The van der Waals surface area contributed by atoms with Crippen LogP contribution in [0.5, 0.6) is 0 Å². The fourth-order valence-corrected chi connectivity index (χ4v) is 1.85. The number of thiazole rings is 1. The Balaban J connectivity index is 2.44. The van der Waals surface area contributed by atoms with E-state index in [0.29, 0.717) is 6.42 Å². The van der Waals surface area contributed by atoms with Gasteiger partial charge in [0.1, 0.15) is 6.29 Å². The lowest BCUT2D eigenvalue weighted by Gasteiger charge is -2.05. The molecule has 1 rings (SSSR count). The van der Waals surface area contributed by atoms with E-state index in [9.17, 15) is 4.79 Å². The van der Waals surface area contributed by atoms with Gasteiger partial charge in [0, 0.05) is 31.6 Å². The number of nitrogens with zero attached hydrogens (tertiary/aromatic N) is 2. The molecule has 0 aliphatic heterocycles. The van der Waals surface area contributed by atoms with Crippen LogP contribution in [0.2, 0.25) is 0 Å². The van der Waals surface area contributed by atoms with Crippen LogP contribution >= 0.6 is 11.3 Å². The highest BCUT2D eigenvalue weighted by molar-refractivity contribution is 7.15. The van der Waals surface area contributed by atoms with Gasteiger partial charge in [0.2, 0.25) is 0 Å². The van der Waals surface area contributed by atoms with Gasteiger partial charge in [-0.15, -0.1) is 11.3 Å². The van der Waals surface area contributed by atoms with Crippen LogP contribution in [-0.4, -0.2) is 25.4 Å². The fourth-order valence-electron chi connectivity index (χ4n) is 0.979. The Labute approximate surface area is 82.4 Å². The monoisotopic (exact) mass is 198 g/mol. The smallest absolute Gasteiger partial charge is 0.184 e. The summed E-state index contributed by atoms with van der Waals surface area (Å²) in [5.74, 6) is 0. The number of hydrogen-bond donors (Lipinski definition) is 0. The van der Waals surface area contributed by atoms with E-state index in [1.807, 2.05) is 25.2 Å². The minimum Gasteiger partial charge on any atom is -0.354 e. The predicted octanol–water partition coefficient (Wildman–Crippen LogP) is 1.73. The van der Waals surface area contributed by atoms with Crippen LogP contribution in [0.3, 0.4) is 0 Å². The zero-order valence-corrected chi connectivity index (χ0v) is 8.80. The van der Waals surface area contributed by atoms with Crippen LogP contribution < -0.4 is 4.90 Å². The molecule has 0 aliphatic rings. The third kappa shape index (κ3) is 3.14. The van der Waals surface area contributed by atoms with Crippen molar-refractivity contribution in [3.8, 4) is 0 Å². The quantitative estimate of drug-likeness (QED) is 0.533. The maximum Gasteiger partial charge on any atom is 0.184 e. The lowest BCUT2D eigenvalue weighted by atomic mass is 10.2. The molecule has 1 heterocycles. The van der Waals surface area contributed by atoms with Gasteiger partial charge in [-0.25, -0.2) is 4.98 Å². The van der Waals surface area contributed by atoms with Crippen molar-refractivity contribution < 1.29 is 4.79 Å². The first-order chi connectivity index (χ1) is 6.24. The number of aromatic nitrogens is 1. The van der Waals surface area contributed by atoms with E-state index in [1.54, 1.807) is 11.3 Å². The third-order valence-electron chi connectivity index (χ3n) is 1.67. The van der Waals surface area contributed by atoms with Crippen molar-refractivity contribution in [3.05, 3.63) is 11.1 Å². The van der Waals surface area contributed by atoms with Crippen LogP contribution in [0, 0.1) is 0 Å². The normalized spacial score (nSPS) is 10.0. The van der Waals surface area contributed by atoms with Crippen molar-refractivity contribution >= 4 is 22.8 Å². The number of rotatable bonds is 5. The van der Waals surface area contributed by atoms with Crippen molar-refractivity contribution in [2.24, 2.45) is 0 Å². The maximum absolute atomic E-state index is 10.1. The summed E-state index contributed by atoms with van der Waals surface area (Å²) >= 11 is 1.69. The molecule has 4 heteroatoms. The van der Waals surface area contributed by atoms with Crippen molar-refractivity contribution in [2.45, 2.75) is 19.3 Å². The van der Waals surface area contributed by atoms with E-state index in [4.69, 9.17) is 0 Å². The molecule has 0 saturated carbocycles. The second-order valence-corrected chi connectivity index (χ2v) is 4.16. The Bertz CT molecular complexity index is 270. The van der Waals surface area contributed by atoms with Gasteiger partial charge >= 0.3 is 0 Å². The Morgan fingerprint density at radius 1 is 1.62 bits per heavy atom. The van der Waals surface area contributed by atoms with E-state index in [-0.39, 0.29) is 0 Å². The van der Waals surface area contributed by atoms with E-state index in [2.05, 4.69) is 4.98 Å². The van der Waals surface area contributed by atoms with Gasteiger partial charge < -0.3 is 9.69 Å². The molecule has 0 spiro atoms. The number of carbonyl (C=O) groups excluding carboxylic acids is 1. The summed E-state index contributed by atoms with van der Waals surface area (Å²) in [6.45, 7) is 0. The second-order valence-electron chi connectivity index (χ2n) is 3.06. The minimum atomic E-state index is 0.648. The number of aryl methyl sites for hydroxylation is 1. The van der Waals surface area contributed by atoms with Crippen LogP contribution in [-0.2, 0) is 11.2 Å². The van der Waals surface area contributed by atoms with E-state index in [0.717, 1.165) is 24.3 Å². The average molecular weight is 198 g/mol. The molecule has 3 nitrogen and oxygen atoms in total. The number of aldehydes is 1. The third-order valence-corrected chi connectivity index (χ3v) is 2.89. The van der Waals surface area contributed by atoms with E-state index >= 15 is 0 Å². The lowest BCUT2D eigenvalue weighted by molar-refractivity contribution is -0.107. The summed E-state index contributed by atoms with van der Waals surface area (Å²) in [5, 5.41) is 1.03. The van der Waals surface area contributed by atoms with Crippen LogP contribution in [0.15, 0.2) is 6.20 Å². The Morgan fingerprint density at radius 3 is 2.92 bits per heavy atom. The summed E-state index contributed by atoms with van der Waals surface area (Å²) in [5.41, 5.74) is 0. The molecule has 0 N–H and O–H groups in total. The summed E-state index contributed by atoms with van der Waals surface area (Å²) in [6, 6.07) is 0. The first-order valence-electron chi connectivity index (χ1n) is 4.29. The van der Waals surface area contributed by atoms with Gasteiger partial charge in [-0.1, -0.05) is 0 Å². The minimum absolute atomic E-state index is 0.648. The van der Waals surface area contributed by atoms with Crippen LogP contribution in [0.25, 0.3) is 0 Å². The molecular formula is C9H14N2OS. The molecule has 1 aromatic heterocycles. The zero-order chi connectivity index (χ0) is 9.68. The molecule has 0 aliphatic carbocycles. The average Bonchev–Trinajstić information content (AvgIpc) is 2.53. The van der Waals surface area contributed by atoms with Gasteiger partial charge in [-0.3, -0.25) is 0 Å². The van der Waals surface area contributed by atoms with Gasteiger partial charge in [-0.2, -0.15) is 0 Å². The van der Waals surface area contributed by atoms with E-state index in [1.165, 1.54) is 4.88 Å². The van der Waals surface area contributed by atoms with Crippen molar-refractivity contribution in [3.63, 3.8) is 0 Å². The molecule has 72 valence electrons. The molecule has 0 amide bonds. The highest BCUT2D eigenvalue weighted by Gasteiger charge is 2.02. The molecule has 0 aromatic carbocycles. The summed E-state index contributed by atoms with van der Waals surface area (Å²) in [4.78, 5) is 17.6. The fraction of sp³-hybridized carbons (Fsp3) is 0.556. The topological polar surface area (TPSA) is 33.2 Å². The zero-order valence-electron chi connectivity index (χ0n) is 7.99. The van der Waals surface area contributed by atoms with Gasteiger partial charge in [0.15, 0.2) is 5.13 Å². The van der Waals surface area contributed by atoms with Crippen molar-refractivity contribution in [1.82, 2.24) is 4.98 Å². The van der Waals surface area contributed by atoms with Gasteiger partial charge in [0.25, 0.3) is 0 Å². The highest BCUT2D eigenvalue weighted by atomic mass is 32.1. The number of anilines is 1. The second kappa shape index (κ2) is 4.97. The standard InChI is InChI=1S/C9H14N2OS/c1-11(2)9-10-7-8(13-9)5-3-4-6-12/h6-7H,3-5H2,1-2H3. The van der Waals surface area contributed by atoms with Crippen LogP contribution in [0.4, 0.5) is 5.13 Å². The Hall–Kier alpha value is -0.900. The summed E-state index contributed by atoms with van der Waals surface area (Å²) in [7, 11) is 3.96. The first-order valence-corrected chi connectivity index (χ1v) is 5.11. The van der Waals surface area contributed by atoms with Gasteiger partial charge in [0.05, 0.1) is 0 Å². The van der Waals surface area contributed by atoms with E-state index < -0.39 is 0 Å². The molecular weight excluding hydrogens is 184 g/mol. The summed E-state index contributed by atoms with van der Waals surface area (Å²) in [6.07, 6.45) is 5.40. The molecule has 0 bridgehead atoms. The largest absolute Gasteiger partial charge is 0.354 e. The maximum atomic E-state index is 10.1.